The molecule has 0 N–H and O–H groups in total. The lowest BCUT2D eigenvalue weighted by molar-refractivity contribution is -0.274. The Hall–Kier alpha value is -2.24. The van der Waals surface area contributed by atoms with Crippen molar-refractivity contribution < 1.29 is 31.1 Å². The van der Waals surface area contributed by atoms with Gasteiger partial charge in [0.25, 0.3) is 5.91 Å². The van der Waals surface area contributed by atoms with Crippen molar-refractivity contribution in [2.45, 2.75) is 24.1 Å². The van der Waals surface area contributed by atoms with Crippen molar-refractivity contribution in [3.63, 3.8) is 0 Å². The molecule has 4 rings (SSSR count). The second-order valence-corrected chi connectivity index (χ2v) is 11.0. The summed E-state index contributed by atoms with van der Waals surface area (Å²) in [4.78, 5) is 18.4. The number of fused-ring (bicyclic) bond motifs is 1. The van der Waals surface area contributed by atoms with Gasteiger partial charge in [0, 0.05) is 16.0 Å². The molecule has 2 saturated heterocycles. The Morgan fingerprint density at radius 1 is 1.16 bits per heavy atom. The van der Waals surface area contributed by atoms with E-state index in [9.17, 15) is 26.4 Å². The molecule has 12 heteroatoms. The fourth-order valence-electron chi connectivity index (χ4n) is 3.63. The summed E-state index contributed by atoms with van der Waals surface area (Å²) in [5.41, 5.74) is 1.02. The number of rotatable bonds is 4. The van der Waals surface area contributed by atoms with Gasteiger partial charge in [0.15, 0.2) is 15.0 Å². The summed E-state index contributed by atoms with van der Waals surface area (Å²) in [5.74, 6) is -1.07. The van der Waals surface area contributed by atoms with Gasteiger partial charge in [-0.05, 0) is 35.9 Å². The highest BCUT2D eigenvalue weighted by atomic mass is 35.5. The number of amidine groups is 1. The number of carbonyl (C=O) groups excluding carboxylic acids is 1. The van der Waals surface area contributed by atoms with E-state index in [1.54, 1.807) is 29.2 Å². The number of amides is 1. The highest BCUT2D eigenvalue weighted by Gasteiger charge is 2.49. The minimum atomic E-state index is -4.83. The molecule has 170 valence electrons. The fourth-order valence-corrected chi connectivity index (χ4v) is 7.76. The Balaban J connectivity index is 1.62. The average Bonchev–Trinajstić information content (AvgIpc) is 3.14. The number of benzene rings is 2. The van der Waals surface area contributed by atoms with Gasteiger partial charge >= 0.3 is 6.36 Å². The monoisotopic (exact) mass is 504 g/mol. The summed E-state index contributed by atoms with van der Waals surface area (Å²) >= 11 is 7.28. The molecule has 2 aliphatic heterocycles. The molecule has 0 unspecified atom stereocenters. The van der Waals surface area contributed by atoms with Crippen LogP contribution in [0.5, 0.6) is 5.75 Å². The maximum absolute atomic E-state index is 12.6. The van der Waals surface area contributed by atoms with E-state index in [1.807, 2.05) is 0 Å². The van der Waals surface area contributed by atoms with Crippen molar-refractivity contribution in [3.05, 3.63) is 59.1 Å². The normalized spacial score (nSPS) is 23.4. The summed E-state index contributed by atoms with van der Waals surface area (Å²) < 4.78 is 65.5. The van der Waals surface area contributed by atoms with Gasteiger partial charge in [-0.3, -0.25) is 4.79 Å². The van der Waals surface area contributed by atoms with E-state index in [0.717, 1.165) is 12.1 Å². The van der Waals surface area contributed by atoms with E-state index < -0.39 is 33.9 Å². The zero-order chi connectivity index (χ0) is 23.1. The first-order chi connectivity index (χ1) is 15.0. The lowest BCUT2D eigenvalue weighted by atomic mass is 10.1. The van der Waals surface area contributed by atoms with Crippen LogP contribution in [0.2, 0.25) is 5.02 Å². The molecule has 6 nitrogen and oxygen atoms in total. The Morgan fingerprint density at radius 3 is 2.50 bits per heavy atom. The molecule has 0 radical (unpaired) electrons. The van der Waals surface area contributed by atoms with E-state index in [2.05, 4.69) is 9.73 Å². The molecule has 2 aliphatic rings. The Bertz CT molecular complexity index is 1170. The molecule has 32 heavy (non-hydrogen) atoms. The number of ether oxygens (including phenoxy) is 1. The number of thioether (sulfide) groups is 1. The molecule has 2 atom stereocenters. The summed E-state index contributed by atoms with van der Waals surface area (Å²) in [6.07, 6.45) is -4.86. The standard InChI is InChI=1S/C20H16ClF3N2O4S2/c21-15-4-2-1-3-12(15)9-18(27)25-19-26(16-10-32(28,29)11-17(16)31-19)13-5-7-14(8-6-13)30-20(22,23)24/h1-8,16-17H,9-11H2/t16-,17-/m1/s1. The Labute approximate surface area is 191 Å². The minimum absolute atomic E-state index is 0.0381. The van der Waals surface area contributed by atoms with Crippen LogP contribution >= 0.6 is 23.4 Å². The quantitative estimate of drug-likeness (QED) is 0.624. The van der Waals surface area contributed by atoms with Gasteiger partial charge < -0.3 is 9.64 Å². The zero-order valence-corrected chi connectivity index (χ0v) is 18.6. The molecule has 2 fully saturated rings. The first kappa shape index (κ1) is 22.9. The number of aliphatic imine (C=N–C) groups is 1. The van der Waals surface area contributed by atoms with Crippen LogP contribution in [-0.2, 0) is 21.1 Å². The first-order valence-corrected chi connectivity index (χ1v) is 12.5. The van der Waals surface area contributed by atoms with Gasteiger partial charge in [-0.1, -0.05) is 41.6 Å². The molecule has 2 aromatic carbocycles. The van der Waals surface area contributed by atoms with Crippen molar-refractivity contribution in [1.82, 2.24) is 0 Å². The van der Waals surface area contributed by atoms with Crippen molar-refractivity contribution in [1.29, 1.82) is 0 Å². The van der Waals surface area contributed by atoms with Crippen LogP contribution in [0.25, 0.3) is 0 Å². The number of hydrogen-bond acceptors (Lipinski definition) is 5. The third kappa shape index (κ3) is 5.21. The minimum Gasteiger partial charge on any atom is -0.406 e. The summed E-state index contributed by atoms with van der Waals surface area (Å²) in [6.45, 7) is 0. The van der Waals surface area contributed by atoms with Crippen molar-refractivity contribution in [2.75, 3.05) is 16.4 Å². The molecular formula is C20H16ClF3N2O4S2. The lowest BCUT2D eigenvalue weighted by Crippen LogP contribution is -2.37. The van der Waals surface area contributed by atoms with Crippen molar-refractivity contribution in [3.8, 4) is 5.75 Å². The van der Waals surface area contributed by atoms with Gasteiger partial charge in [-0.2, -0.15) is 4.99 Å². The topological polar surface area (TPSA) is 76.0 Å². The fraction of sp³-hybridized carbons (Fsp3) is 0.300. The van der Waals surface area contributed by atoms with Gasteiger partial charge in [-0.25, -0.2) is 8.42 Å². The van der Waals surface area contributed by atoms with Crippen LogP contribution in [0.15, 0.2) is 53.5 Å². The maximum Gasteiger partial charge on any atom is 0.573 e. The number of alkyl halides is 3. The van der Waals surface area contributed by atoms with E-state index >= 15 is 0 Å². The summed E-state index contributed by atoms with van der Waals surface area (Å²) in [7, 11) is -3.28. The number of hydrogen-bond donors (Lipinski definition) is 0. The molecule has 0 saturated carbocycles. The van der Waals surface area contributed by atoms with Crippen LogP contribution in [0.1, 0.15) is 5.56 Å². The molecular weight excluding hydrogens is 489 g/mol. The first-order valence-electron chi connectivity index (χ1n) is 9.38. The van der Waals surface area contributed by atoms with E-state index in [-0.39, 0.29) is 23.2 Å². The third-order valence-electron chi connectivity index (χ3n) is 4.93. The second-order valence-electron chi connectivity index (χ2n) is 7.27. The molecule has 0 aliphatic carbocycles. The predicted molar refractivity (Wildman–Crippen MR) is 117 cm³/mol. The lowest BCUT2D eigenvalue weighted by Gasteiger charge is -2.24. The summed E-state index contributed by atoms with van der Waals surface area (Å²) in [6, 6.07) is 11.4. The van der Waals surface area contributed by atoms with E-state index in [1.165, 1.54) is 23.9 Å². The van der Waals surface area contributed by atoms with Gasteiger partial charge in [0.1, 0.15) is 5.75 Å². The molecule has 0 aromatic heterocycles. The molecule has 2 heterocycles. The molecule has 0 bridgehead atoms. The number of sulfone groups is 1. The highest BCUT2D eigenvalue weighted by Crippen LogP contribution is 2.41. The Morgan fingerprint density at radius 2 is 1.84 bits per heavy atom. The number of halogens is 4. The van der Waals surface area contributed by atoms with Crippen LogP contribution in [0, 0.1) is 0 Å². The van der Waals surface area contributed by atoms with Crippen LogP contribution in [0.4, 0.5) is 18.9 Å². The molecule has 0 spiro atoms. The van der Waals surface area contributed by atoms with Crippen LogP contribution < -0.4 is 9.64 Å². The van der Waals surface area contributed by atoms with Crippen molar-refractivity contribution >= 4 is 50.0 Å². The highest BCUT2D eigenvalue weighted by molar-refractivity contribution is 8.16. The number of anilines is 1. The van der Waals surface area contributed by atoms with E-state index in [4.69, 9.17) is 11.6 Å². The van der Waals surface area contributed by atoms with Gasteiger partial charge in [-0.15, -0.1) is 13.2 Å². The van der Waals surface area contributed by atoms with Crippen LogP contribution in [0.3, 0.4) is 0 Å². The van der Waals surface area contributed by atoms with Crippen LogP contribution in [-0.4, -0.2) is 48.7 Å². The largest absolute Gasteiger partial charge is 0.573 e. The molecule has 1 amide bonds. The van der Waals surface area contributed by atoms with Gasteiger partial charge in [0.2, 0.25) is 0 Å². The zero-order valence-electron chi connectivity index (χ0n) is 16.3. The SMILES string of the molecule is O=C(Cc1ccccc1Cl)N=C1S[C@@H]2CS(=O)(=O)C[C@H]2N1c1ccc(OC(F)(F)F)cc1. The third-order valence-corrected chi connectivity index (χ3v) is 8.51. The average molecular weight is 505 g/mol. The number of nitrogens with zero attached hydrogens (tertiary/aromatic N) is 2. The Kier molecular flexibility index (Phi) is 6.17. The smallest absolute Gasteiger partial charge is 0.406 e. The van der Waals surface area contributed by atoms with Gasteiger partial charge in [0.05, 0.1) is 24.0 Å². The number of carbonyl (C=O) groups is 1. The summed E-state index contributed by atoms with van der Waals surface area (Å²) in [5, 5.41) is 0.398. The maximum atomic E-state index is 12.6. The predicted octanol–water partition coefficient (Wildman–Crippen LogP) is 4.08. The molecule has 2 aromatic rings. The second kappa shape index (κ2) is 8.60. The van der Waals surface area contributed by atoms with E-state index in [0.29, 0.717) is 21.4 Å². The van der Waals surface area contributed by atoms with Crippen molar-refractivity contribution in [2.24, 2.45) is 4.99 Å².